The van der Waals surface area contributed by atoms with Gasteiger partial charge >= 0.3 is 23.9 Å². The number of hydrogen-bond donors (Lipinski definition) is 1. The van der Waals surface area contributed by atoms with E-state index in [0.29, 0.717) is 0 Å². The molecule has 0 fully saturated rings. The molecule has 1 unspecified atom stereocenters. The van der Waals surface area contributed by atoms with Crippen LogP contribution < -0.4 is 0 Å². The third-order valence-corrected chi connectivity index (χ3v) is 1.90. The van der Waals surface area contributed by atoms with E-state index in [1.54, 1.807) is 13.0 Å². The zero-order valence-corrected chi connectivity index (χ0v) is 12.7. The number of hydrogen-bond acceptors (Lipinski definition) is 1. The van der Waals surface area contributed by atoms with Crippen LogP contribution in [0.3, 0.4) is 0 Å². The summed E-state index contributed by atoms with van der Waals surface area (Å²) in [7, 11) is 0. The SMILES string of the molecule is C=CC(C)(O)CCCC(C)C.[SnH2]. The van der Waals surface area contributed by atoms with Crippen molar-refractivity contribution in [3.63, 3.8) is 0 Å². The van der Waals surface area contributed by atoms with Gasteiger partial charge in [-0.3, -0.25) is 0 Å². The Morgan fingerprint density at radius 3 is 2.33 bits per heavy atom. The molecule has 1 N–H and O–H groups in total. The van der Waals surface area contributed by atoms with E-state index in [0.717, 1.165) is 18.8 Å². The zero-order chi connectivity index (χ0) is 8.91. The van der Waals surface area contributed by atoms with Gasteiger partial charge in [-0.05, 0) is 19.3 Å². The summed E-state index contributed by atoms with van der Waals surface area (Å²) in [4.78, 5) is 0. The monoisotopic (exact) mass is 278 g/mol. The van der Waals surface area contributed by atoms with Gasteiger partial charge in [-0.2, -0.15) is 0 Å². The molecule has 0 aliphatic carbocycles. The first-order valence-electron chi connectivity index (χ1n) is 4.34. The van der Waals surface area contributed by atoms with Crippen LogP contribution in [0.1, 0.15) is 40.0 Å². The minimum absolute atomic E-state index is 0. The van der Waals surface area contributed by atoms with E-state index in [9.17, 15) is 5.11 Å². The van der Waals surface area contributed by atoms with Crippen molar-refractivity contribution >= 4 is 23.9 Å². The van der Waals surface area contributed by atoms with Gasteiger partial charge in [0, 0.05) is 0 Å². The van der Waals surface area contributed by atoms with Crippen molar-refractivity contribution in [2.24, 2.45) is 5.92 Å². The first-order chi connectivity index (χ1) is 4.98. The van der Waals surface area contributed by atoms with E-state index in [-0.39, 0.29) is 23.9 Å². The molecular weight excluding hydrogens is 255 g/mol. The Morgan fingerprint density at radius 1 is 1.50 bits per heavy atom. The normalized spacial score (nSPS) is 15.1. The Kier molecular flexibility index (Phi) is 8.69. The first kappa shape index (κ1) is 15.0. The molecule has 0 saturated heterocycles. The Hall–Kier alpha value is 0.499. The van der Waals surface area contributed by atoms with Crippen LogP contribution in [0.5, 0.6) is 0 Å². The van der Waals surface area contributed by atoms with Crippen molar-refractivity contribution in [1.82, 2.24) is 0 Å². The fourth-order valence-corrected chi connectivity index (χ4v) is 0.970. The fourth-order valence-electron chi connectivity index (χ4n) is 0.970. The summed E-state index contributed by atoms with van der Waals surface area (Å²) in [6.07, 6.45) is 4.71. The van der Waals surface area contributed by atoms with Crippen LogP contribution in [-0.2, 0) is 0 Å². The second-order valence-corrected chi connectivity index (χ2v) is 3.85. The predicted octanol–water partition coefficient (Wildman–Crippen LogP) is 1.83. The molecule has 1 nitrogen and oxygen atoms in total. The molecule has 0 rings (SSSR count). The molecule has 0 aliphatic rings. The van der Waals surface area contributed by atoms with Crippen LogP contribution in [0.2, 0.25) is 0 Å². The molecule has 0 amide bonds. The van der Waals surface area contributed by atoms with Gasteiger partial charge in [0.2, 0.25) is 0 Å². The summed E-state index contributed by atoms with van der Waals surface area (Å²) in [6.45, 7) is 9.78. The second-order valence-electron chi connectivity index (χ2n) is 3.85. The maximum atomic E-state index is 9.52. The summed E-state index contributed by atoms with van der Waals surface area (Å²) in [5.41, 5.74) is -0.658. The molecular formula is C10H22OSn. The quantitative estimate of drug-likeness (QED) is 0.600. The van der Waals surface area contributed by atoms with Gasteiger partial charge in [0.05, 0.1) is 5.60 Å². The van der Waals surface area contributed by atoms with Crippen molar-refractivity contribution in [1.29, 1.82) is 0 Å². The molecule has 0 aliphatic heterocycles. The Bertz CT molecular complexity index is 119. The van der Waals surface area contributed by atoms with Gasteiger partial charge in [0.25, 0.3) is 0 Å². The van der Waals surface area contributed by atoms with E-state index >= 15 is 0 Å². The molecule has 1 atom stereocenters. The summed E-state index contributed by atoms with van der Waals surface area (Å²) < 4.78 is 0. The molecule has 0 aromatic heterocycles. The van der Waals surface area contributed by atoms with E-state index < -0.39 is 5.60 Å². The molecule has 12 heavy (non-hydrogen) atoms. The molecule has 0 saturated carbocycles. The Labute approximate surface area is 93.2 Å². The van der Waals surface area contributed by atoms with Crippen LogP contribution in [0.15, 0.2) is 12.7 Å². The first-order valence-corrected chi connectivity index (χ1v) is 4.34. The molecule has 2 heteroatoms. The van der Waals surface area contributed by atoms with Crippen molar-refractivity contribution in [2.75, 3.05) is 0 Å². The molecule has 0 aromatic rings. The molecule has 0 aromatic carbocycles. The van der Waals surface area contributed by atoms with Crippen LogP contribution >= 0.6 is 0 Å². The Balaban J connectivity index is 0. The van der Waals surface area contributed by atoms with E-state index in [4.69, 9.17) is 0 Å². The third kappa shape index (κ3) is 8.59. The van der Waals surface area contributed by atoms with Crippen LogP contribution in [0, 0.1) is 5.92 Å². The van der Waals surface area contributed by atoms with Crippen molar-refractivity contribution in [3.05, 3.63) is 12.7 Å². The summed E-state index contributed by atoms with van der Waals surface area (Å²) in [5.74, 6) is 0.732. The minimum atomic E-state index is -0.658. The van der Waals surface area contributed by atoms with Crippen molar-refractivity contribution in [2.45, 2.75) is 45.6 Å². The molecule has 0 spiro atoms. The summed E-state index contributed by atoms with van der Waals surface area (Å²) in [6, 6.07) is 0. The summed E-state index contributed by atoms with van der Waals surface area (Å²) >= 11 is 0. The standard InChI is InChI=1S/C10H20O.Sn.2H/c1-5-10(4,11)8-6-7-9(2)3;;;/h5,9,11H,1,6-8H2,2-4H3;;;. The van der Waals surface area contributed by atoms with E-state index in [1.165, 1.54) is 6.42 Å². The van der Waals surface area contributed by atoms with Crippen molar-refractivity contribution in [3.8, 4) is 0 Å². The van der Waals surface area contributed by atoms with Crippen LogP contribution in [0.25, 0.3) is 0 Å². The predicted molar refractivity (Wildman–Crippen MR) is 58.1 cm³/mol. The summed E-state index contributed by atoms with van der Waals surface area (Å²) in [5, 5.41) is 9.52. The maximum absolute atomic E-state index is 9.52. The fraction of sp³-hybridized carbons (Fsp3) is 0.800. The van der Waals surface area contributed by atoms with Gasteiger partial charge in [-0.25, -0.2) is 0 Å². The molecule has 0 bridgehead atoms. The van der Waals surface area contributed by atoms with Crippen molar-refractivity contribution < 1.29 is 5.11 Å². The Morgan fingerprint density at radius 2 is 2.00 bits per heavy atom. The van der Waals surface area contributed by atoms with Gasteiger partial charge in [0.15, 0.2) is 0 Å². The third-order valence-electron chi connectivity index (χ3n) is 1.90. The molecule has 0 heterocycles. The number of rotatable bonds is 5. The van der Waals surface area contributed by atoms with Gasteiger partial charge in [-0.1, -0.05) is 32.8 Å². The zero-order valence-electron chi connectivity index (χ0n) is 8.64. The van der Waals surface area contributed by atoms with Crippen LogP contribution in [-0.4, -0.2) is 34.6 Å². The van der Waals surface area contributed by atoms with Gasteiger partial charge < -0.3 is 5.11 Å². The van der Waals surface area contributed by atoms with Gasteiger partial charge in [-0.15, -0.1) is 6.58 Å². The van der Waals surface area contributed by atoms with Crippen LogP contribution in [0.4, 0.5) is 0 Å². The topological polar surface area (TPSA) is 20.2 Å². The molecule has 72 valence electrons. The van der Waals surface area contributed by atoms with Gasteiger partial charge in [0.1, 0.15) is 0 Å². The number of aliphatic hydroxyl groups is 1. The second kappa shape index (κ2) is 6.96. The molecule has 2 radical (unpaired) electrons. The average molecular weight is 277 g/mol. The van der Waals surface area contributed by atoms with E-state index in [1.807, 2.05) is 0 Å². The average Bonchev–Trinajstić information content (AvgIpc) is 1.87. The van der Waals surface area contributed by atoms with E-state index in [2.05, 4.69) is 20.4 Å².